The van der Waals surface area contributed by atoms with Crippen LogP contribution in [-0.4, -0.2) is 82.4 Å². The van der Waals surface area contributed by atoms with Crippen molar-refractivity contribution in [2.75, 3.05) is 0 Å². The summed E-state index contributed by atoms with van der Waals surface area (Å²) < 4.78 is 58.4. The molecule has 8 aromatic carbocycles. The summed E-state index contributed by atoms with van der Waals surface area (Å²) in [6.45, 7) is 31.7. The Kier molecular flexibility index (Phi) is 12.4. The van der Waals surface area contributed by atoms with E-state index in [0.29, 0.717) is 6.42 Å². The first kappa shape index (κ1) is 55.4. The van der Waals surface area contributed by atoms with E-state index in [1.807, 2.05) is 0 Å². The van der Waals surface area contributed by atoms with Gasteiger partial charge >= 0.3 is 28.5 Å². The van der Waals surface area contributed by atoms with Crippen LogP contribution in [0.1, 0.15) is 109 Å². The predicted octanol–water partition coefficient (Wildman–Crippen LogP) is 13.1. The van der Waals surface area contributed by atoms with E-state index in [1.54, 1.807) is 0 Å². The fraction of sp³-hybridized carbons (Fsp3) is 0.343. The minimum atomic E-state index is -0.667. The van der Waals surface area contributed by atoms with Gasteiger partial charge in [0.1, 0.15) is 0 Å². The van der Waals surface area contributed by atoms with Crippen molar-refractivity contribution in [3.8, 4) is 22.5 Å². The van der Waals surface area contributed by atoms with Crippen LogP contribution >= 0.6 is 0 Å². The predicted molar refractivity (Wildman–Crippen MR) is 345 cm³/mol. The van der Waals surface area contributed by atoms with Crippen LogP contribution in [-0.2, 0) is 43.7 Å². The summed E-state index contributed by atoms with van der Waals surface area (Å²) in [6, 6.07) is 59.3. The Morgan fingerprint density at radius 2 is 0.631 bits per heavy atom. The van der Waals surface area contributed by atoms with E-state index in [2.05, 4.69) is 277 Å². The maximum Gasteiger partial charge on any atom is 0.494 e. The molecule has 1 atom stereocenters. The fourth-order valence-electron chi connectivity index (χ4n) is 12.7. The Morgan fingerprint density at radius 3 is 1.05 bits per heavy atom. The van der Waals surface area contributed by atoms with Crippen LogP contribution in [0.4, 0.5) is 0 Å². The minimum Gasteiger partial charge on any atom is -0.399 e. The number of aromatic nitrogens is 2. The highest BCUT2D eigenvalue weighted by molar-refractivity contribution is 6.64. The van der Waals surface area contributed by atoms with E-state index in [4.69, 9.17) is 37.2 Å². The van der Waals surface area contributed by atoms with Gasteiger partial charge in [-0.15, -0.1) is 0 Å². The lowest BCUT2D eigenvalue weighted by Gasteiger charge is -2.36. The molecule has 2 aromatic heterocycles. The number of nitrogens with zero attached hydrogens (tertiary/aromatic N) is 2. The van der Waals surface area contributed by atoms with Gasteiger partial charge in [-0.2, -0.15) is 0 Å². The van der Waals surface area contributed by atoms with Crippen molar-refractivity contribution in [2.45, 2.75) is 155 Å². The van der Waals surface area contributed by atoms with E-state index in [9.17, 15) is 0 Å². The zero-order valence-electron chi connectivity index (χ0n) is 51.3. The number of rotatable bonds is 9. The molecule has 14 heteroatoms. The highest BCUT2D eigenvalue weighted by Crippen LogP contribution is 2.44. The van der Waals surface area contributed by atoms with E-state index < -0.39 is 73.3 Å². The minimum absolute atomic E-state index is 0.466. The zero-order valence-corrected chi connectivity index (χ0v) is 51.3. The second-order valence-electron chi connectivity index (χ2n) is 27.8. The molecule has 84 heavy (non-hydrogen) atoms. The highest BCUT2D eigenvalue weighted by Gasteiger charge is 2.56. The lowest BCUT2D eigenvalue weighted by Crippen LogP contribution is -2.46. The Bertz CT molecular complexity index is 4160. The smallest absolute Gasteiger partial charge is 0.399 e. The second-order valence-corrected chi connectivity index (χ2v) is 27.8. The van der Waals surface area contributed by atoms with Crippen molar-refractivity contribution in [3.05, 3.63) is 169 Å². The molecule has 4 saturated heterocycles. The van der Waals surface area contributed by atoms with E-state index in [1.165, 1.54) is 16.7 Å². The lowest BCUT2D eigenvalue weighted by molar-refractivity contribution is -0.00875. The zero-order chi connectivity index (χ0) is 58.9. The van der Waals surface area contributed by atoms with Gasteiger partial charge in [0, 0.05) is 39.3 Å². The van der Waals surface area contributed by atoms with Crippen LogP contribution in [0.5, 0.6) is 0 Å². The molecule has 0 spiro atoms. The van der Waals surface area contributed by atoms with Crippen molar-refractivity contribution in [1.29, 1.82) is 0 Å². The van der Waals surface area contributed by atoms with E-state index in [-0.39, 0.29) is 0 Å². The average molecular weight is 1110 g/mol. The fourth-order valence-corrected chi connectivity index (χ4v) is 12.7. The van der Waals surface area contributed by atoms with Crippen LogP contribution in [0.3, 0.4) is 0 Å². The van der Waals surface area contributed by atoms with Crippen LogP contribution in [0.2, 0.25) is 0 Å². The first-order chi connectivity index (χ1) is 39.6. The molecular formula is C70H74B4N2O8. The maximum atomic E-state index is 7.19. The summed E-state index contributed by atoms with van der Waals surface area (Å²) in [4.78, 5) is 0. The van der Waals surface area contributed by atoms with Gasteiger partial charge in [0.15, 0.2) is 0 Å². The van der Waals surface area contributed by atoms with Gasteiger partial charge in [0.05, 0.1) is 66.9 Å². The number of fused-ring (bicyclic) bond motifs is 7. The van der Waals surface area contributed by atoms with Crippen molar-refractivity contribution < 1.29 is 37.2 Å². The highest BCUT2D eigenvalue weighted by atomic mass is 16.7. The molecule has 0 aliphatic carbocycles. The van der Waals surface area contributed by atoms with Crippen LogP contribution in [0.25, 0.3) is 76.9 Å². The molecule has 0 N–H and O–H groups in total. The van der Waals surface area contributed by atoms with Gasteiger partial charge in [0.2, 0.25) is 0 Å². The molecule has 14 rings (SSSR count). The first-order valence-corrected chi connectivity index (χ1v) is 29.9. The Balaban J connectivity index is 0.780. The van der Waals surface area contributed by atoms with Gasteiger partial charge in [-0.3, -0.25) is 0 Å². The largest absolute Gasteiger partial charge is 0.494 e. The molecule has 0 saturated carbocycles. The van der Waals surface area contributed by atoms with E-state index >= 15 is 0 Å². The van der Waals surface area contributed by atoms with Crippen molar-refractivity contribution in [3.63, 3.8) is 0 Å². The van der Waals surface area contributed by atoms with Crippen LogP contribution < -0.4 is 21.9 Å². The summed E-state index contributed by atoms with van der Waals surface area (Å²) in [5.74, 6) is 0. The summed E-state index contributed by atoms with van der Waals surface area (Å²) in [5, 5.41) is 6.68. The standard InChI is InChI=1S/C70H74B4N2O8/c1-63(2)64(3,4)78-71(77-63)49-26-33-59-55(39-49)56-42-52(29-34-60(56)75(59)53-30-23-46(24-31-53)45-19-17-16-18-20-45)74-83-69(13,14)70(15,84-74)43-44-21-22-48-38-54(32-25-47(48)37-44)76-61-35-27-50(72-79-65(5,6)66(7,8)80-72)40-57(61)58-41-51(28-36-62(58)76)73-81-67(9,10)68(11,12)82-73/h16-42H,43H2,1-15H3. The molecule has 4 fully saturated rings. The van der Waals surface area contributed by atoms with Gasteiger partial charge in [0.25, 0.3) is 0 Å². The topological polar surface area (TPSA) is 83.7 Å². The molecule has 10 aromatic rings. The summed E-state index contributed by atoms with van der Waals surface area (Å²) in [5.41, 5.74) is 9.81. The second kappa shape index (κ2) is 18.8. The molecule has 424 valence electrons. The quantitative estimate of drug-likeness (QED) is 0.132. The van der Waals surface area contributed by atoms with Gasteiger partial charge in [-0.1, -0.05) is 115 Å². The maximum absolute atomic E-state index is 7.19. The number of hydrogen-bond donors (Lipinski definition) is 0. The molecule has 0 amide bonds. The van der Waals surface area contributed by atoms with Crippen molar-refractivity contribution in [2.24, 2.45) is 0 Å². The SMILES string of the molecule is CC1(C)OB(c2ccc3c(c2)c2cc(B4OC(C)(C)C(C)(C)O4)ccc2n3-c2ccc3cc(CC4(C)OB(c5ccc6c(c5)c5cc(B7OC(C)(C)C(C)(C)O7)ccc5n6-c5ccc(-c6ccccc6)cc5)OC4(C)C)ccc3c2)OC1(C)C. The molecule has 4 aliphatic rings. The molecule has 0 radical (unpaired) electrons. The molecule has 0 bridgehead atoms. The lowest BCUT2D eigenvalue weighted by atomic mass is 9.77. The average Bonchev–Trinajstić information content (AvgIpc) is 4.31. The van der Waals surface area contributed by atoms with Crippen molar-refractivity contribution in [1.82, 2.24) is 9.13 Å². The Morgan fingerprint density at radius 1 is 0.298 bits per heavy atom. The van der Waals surface area contributed by atoms with Gasteiger partial charge in [-0.05, 0) is 202 Å². The molecule has 10 nitrogen and oxygen atoms in total. The molecule has 6 heterocycles. The summed E-state index contributed by atoms with van der Waals surface area (Å²) >= 11 is 0. The molecular weight excluding hydrogens is 1040 g/mol. The van der Waals surface area contributed by atoms with Gasteiger partial charge in [-0.25, -0.2) is 0 Å². The summed E-state index contributed by atoms with van der Waals surface area (Å²) in [7, 11) is -2.10. The van der Waals surface area contributed by atoms with Crippen molar-refractivity contribution >= 4 is 105 Å². The third-order valence-corrected chi connectivity index (χ3v) is 20.4. The monoisotopic (exact) mass is 1110 g/mol. The third kappa shape index (κ3) is 8.79. The number of benzene rings is 8. The first-order valence-electron chi connectivity index (χ1n) is 29.9. The Labute approximate surface area is 495 Å². The van der Waals surface area contributed by atoms with E-state index in [0.717, 1.165) is 87.6 Å². The molecule has 4 aliphatic heterocycles. The normalized spacial score (nSPS) is 22.0. The summed E-state index contributed by atoms with van der Waals surface area (Å²) in [6.07, 6.45) is 0.648. The van der Waals surface area contributed by atoms with Crippen LogP contribution in [0.15, 0.2) is 164 Å². The number of hydrogen-bond acceptors (Lipinski definition) is 8. The third-order valence-electron chi connectivity index (χ3n) is 20.4. The Hall–Kier alpha value is -6.44. The van der Waals surface area contributed by atoms with Gasteiger partial charge < -0.3 is 46.4 Å². The van der Waals surface area contributed by atoms with Crippen LogP contribution in [0, 0.1) is 0 Å². The molecule has 1 unspecified atom stereocenters.